The molecule has 6 heterocycles. The van der Waals surface area contributed by atoms with Gasteiger partial charge in [-0.15, -0.1) is 0 Å². The van der Waals surface area contributed by atoms with Crippen LogP contribution in [-0.2, 0) is 0 Å². The summed E-state index contributed by atoms with van der Waals surface area (Å²) in [5.41, 5.74) is 6.05. The summed E-state index contributed by atoms with van der Waals surface area (Å²) < 4.78 is 0. The third-order valence-electron chi connectivity index (χ3n) is 6.03. The van der Waals surface area contributed by atoms with Crippen LogP contribution < -0.4 is 5.32 Å². The molecule has 6 aromatic heterocycles. The topological polar surface area (TPSA) is 106 Å². The Hall–Kier alpha value is -5.63. The fraction of sp³-hybridized carbons (Fsp3) is 0. The molecule has 0 aromatic carbocycles. The number of pyridine rings is 6. The zero-order valence-electron chi connectivity index (χ0n) is 20.6. The van der Waals surface area contributed by atoms with Gasteiger partial charge in [0.05, 0.1) is 11.4 Å². The van der Waals surface area contributed by atoms with Crippen molar-refractivity contribution in [2.24, 2.45) is 0 Å². The Bertz CT molecular complexity index is 1690. The van der Waals surface area contributed by atoms with Gasteiger partial charge in [-0.3, -0.25) is 24.7 Å². The summed E-state index contributed by atoms with van der Waals surface area (Å²) in [6, 6.07) is 26.2. The van der Waals surface area contributed by atoms with Crippen molar-refractivity contribution in [1.29, 1.82) is 0 Å². The maximum Gasteiger partial charge on any atom is 0.229 e. The number of rotatable bonds is 7. The summed E-state index contributed by atoms with van der Waals surface area (Å²) in [6.07, 6.45) is 10.4. The van der Waals surface area contributed by atoms with E-state index in [4.69, 9.17) is 0 Å². The summed E-state index contributed by atoms with van der Waals surface area (Å²) in [5, 5.41) is 3.22. The Morgan fingerprint density at radius 1 is 0.462 bits per heavy atom. The smallest absolute Gasteiger partial charge is 0.229 e. The van der Waals surface area contributed by atoms with Crippen LogP contribution in [0.15, 0.2) is 122 Å². The minimum Gasteiger partial charge on any atom is -0.325 e. The SMILES string of the molecule is O=C(c1ccccn1)c1ccc(-c2ccc(Nc3ccc(-c4ccc(-c5ccccn5)nc4)cn3)nc2)cn1. The van der Waals surface area contributed by atoms with Gasteiger partial charge in [0.15, 0.2) is 0 Å². The number of ketones is 1. The molecule has 0 saturated carbocycles. The average Bonchev–Trinajstić information content (AvgIpc) is 3.02. The maximum absolute atomic E-state index is 12.5. The number of aromatic nitrogens is 6. The monoisotopic (exact) mass is 507 g/mol. The zero-order valence-corrected chi connectivity index (χ0v) is 20.6. The van der Waals surface area contributed by atoms with Crippen molar-refractivity contribution in [3.05, 3.63) is 133 Å². The van der Waals surface area contributed by atoms with Crippen molar-refractivity contribution >= 4 is 17.4 Å². The number of carbonyl (C=O) groups is 1. The van der Waals surface area contributed by atoms with Crippen LogP contribution in [0.3, 0.4) is 0 Å². The van der Waals surface area contributed by atoms with E-state index in [1.807, 2.05) is 66.9 Å². The fourth-order valence-corrected chi connectivity index (χ4v) is 3.97. The predicted molar refractivity (Wildman–Crippen MR) is 149 cm³/mol. The second kappa shape index (κ2) is 10.8. The van der Waals surface area contributed by atoms with E-state index in [1.165, 1.54) is 0 Å². The Kier molecular flexibility index (Phi) is 6.56. The Balaban J connectivity index is 1.10. The fourth-order valence-electron chi connectivity index (χ4n) is 3.97. The lowest BCUT2D eigenvalue weighted by Crippen LogP contribution is -2.05. The number of nitrogens with zero attached hydrogens (tertiary/aromatic N) is 6. The van der Waals surface area contributed by atoms with E-state index in [1.54, 1.807) is 55.2 Å². The number of carbonyl (C=O) groups excluding carboxylic acids is 1. The van der Waals surface area contributed by atoms with Gasteiger partial charge < -0.3 is 5.32 Å². The van der Waals surface area contributed by atoms with Crippen molar-refractivity contribution < 1.29 is 4.79 Å². The van der Waals surface area contributed by atoms with Crippen LogP contribution in [-0.4, -0.2) is 35.7 Å². The molecule has 1 N–H and O–H groups in total. The molecule has 0 saturated heterocycles. The molecule has 39 heavy (non-hydrogen) atoms. The first-order chi connectivity index (χ1) is 19.2. The molecule has 0 fully saturated rings. The minimum atomic E-state index is -0.212. The lowest BCUT2D eigenvalue weighted by Gasteiger charge is -2.08. The van der Waals surface area contributed by atoms with Gasteiger partial charge in [0.25, 0.3) is 0 Å². The highest BCUT2D eigenvalue weighted by molar-refractivity contribution is 6.06. The second-order valence-corrected chi connectivity index (χ2v) is 8.61. The average molecular weight is 508 g/mol. The molecule has 0 unspecified atom stereocenters. The van der Waals surface area contributed by atoms with E-state index in [9.17, 15) is 4.79 Å². The quantitative estimate of drug-likeness (QED) is 0.261. The van der Waals surface area contributed by atoms with Crippen LogP contribution in [0.25, 0.3) is 33.6 Å². The van der Waals surface area contributed by atoms with Crippen LogP contribution in [0.1, 0.15) is 16.2 Å². The van der Waals surface area contributed by atoms with E-state index in [2.05, 4.69) is 35.2 Å². The van der Waals surface area contributed by atoms with Crippen LogP contribution in [0, 0.1) is 0 Å². The van der Waals surface area contributed by atoms with Gasteiger partial charge in [0.2, 0.25) is 5.78 Å². The molecule has 0 aliphatic heterocycles. The molecule has 0 aliphatic carbocycles. The Morgan fingerprint density at radius 2 is 1.00 bits per heavy atom. The summed E-state index contributed by atoms with van der Waals surface area (Å²) in [7, 11) is 0. The first kappa shape index (κ1) is 23.7. The van der Waals surface area contributed by atoms with Crippen molar-refractivity contribution in [2.75, 3.05) is 5.32 Å². The van der Waals surface area contributed by atoms with Gasteiger partial charge in [-0.25, -0.2) is 9.97 Å². The molecule has 0 radical (unpaired) electrons. The number of anilines is 2. The molecule has 0 amide bonds. The molecule has 8 nitrogen and oxygen atoms in total. The highest BCUT2D eigenvalue weighted by Gasteiger charge is 2.12. The summed E-state index contributed by atoms with van der Waals surface area (Å²) >= 11 is 0. The van der Waals surface area contributed by atoms with Gasteiger partial charge >= 0.3 is 0 Å². The van der Waals surface area contributed by atoms with E-state index >= 15 is 0 Å². The van der Waals surface area contributed by atoms with E-state index < -0.39 is 0 Å². The van der Waals surface area contributed by atoms with Gasteiger partial charge in [0.1, 0.15) is 23.0 Å². The molecule has 0 bridgehead atoms. The molecule has 8 heteroatoms. The third kappa shape index (κ3) is 5.40. The van der Waals surface area contributed by atoms with Crippen molar-refractivity contribution in [3.63, 3.8) is 0 Å². The largest absolute Gasteiger partial charge is 0.325 e. The van der Waals surface area contributed by atoms with Crippen LogP contribution in [0.5, 0.6) is 0 Å². The molecule has 186 valence electrons. The summed E-state index contributed by atoms with van der Waals surface area (Å²) in [4.78, 5) is 38.8. The minimum absolute atomic E-state index is 0.212. The molecular weight excluding hydrogens is 486 g/mol. The number of hydrogen-bond acceptors (Lipinski definition) is 8. The van der Waals surface area contributed by atoms with Gasteiger partial charge in [-0.2, -0.15) is 0 Å². The van der Waals surface area contributed by atoms with Crippen LogP contribution >= 0.6 is 0 Å². The lowest BCUT2D eigenvalue weighted by atomic mass is 10.1. The number of hydrogen-bond donors (Lipinski definition) is 1. The van der Waals surface area contributed by atoms with Crippen LogP contribution in [0.4, 0.5) is 11.6 Å². The normalized spacial score (nSPS) is 10.7. The molecular formula is C31H21N7O. The third-order valence-corrected chi connectivity index (χ3v) is 6.03. The Labute approximate surface area is 224 Å². The second-order valence-electron chi connectivity index (χ2n) is 8.61. The van der Waals surface area contributed by atoms with E-state index in [-0.39, 0.29) is 5.78 Å². The first-order valence-electron chi connectivity index (χ1n) is 12.2. The molecule has 6 rings (SSSR count). The zero-order chi connectivity index (χ0) is 26.4. The summed E-state index contributed by atoms with van der Waals surface area (Å²) in [6.45, 7) is 0. The number of nitrogens with one attached hydrogen (secondary N) is 1. The first-order valence-corrected chi connectivity index (χ1v) is 12.2. The van der Waals surface area contributed by atoms with Crippen molar-refractivity contribution in [3.8, 4) is 33.6 Å². The Morgan fingerprint density at radius 3 is 1.49 bits per heavy atom. The van der Waals surface area contributed by atoms with Crippen molar-refractivity contribution in [2.45, 2.75) is 0 Å². The standard InChI is InChI=1S/C31H21N7O/c39-31(27-6-2-4-16-33-27)28-12-8-22(18-35-28)24-10-14-30(37-20-24)38-29-13-9-23(19-36-29)21-7-11-26(34-17-21)25-5-1-3-15-32-25/h1-20H,(H,36,37,38). The lowest BCUT2D eigenvalue weighted by molar-refractivity contribution is 0.103. The van der Waals surface area contributed by atoms with Crippen LogP contribution in [0.2, 0.25) is 0 Å². The van der Waals surface area contributed by atoms with Gasteiger partial charge in [-0.05, 0) is 60.7 Å². The van der Waals surface area contributed by atoms with Crippen molar-refractivity contribution in [1.82, 2.24) is 29.9 Å². The predicted octanol–water partition coefficient (Wildman–Crippen LogP) is 6.03. The van der Waals surface area contributed by atoms with E-state index in [0.717, 1.165) is 33.6 Å². The van der Waals surface area contributed by atoms with Gasteiger partial charge in [-0.1, -0.05) is 24.3 Å². The summed E-state index contributed by atoms with van der Waals surface area (Å²) in [5.74, 6) is 1.13. The maximum atomic E-state index is 12.5. The molecule has 0 aliphatic rings. The molecule has 0 spiro atoms. The van der Waals surface area contributed by atoms with E-state index in [0.29, 0.717) is 23.0 Å². The highest BCUT2D eigenvalue weighted by atomic mass is 16.1. The molecule has 6 aromatic rings. The molecule has 0 atom stereocenters. The highest BCUT2D eigenvalue weighted by Crippen LogP contribution is 2.24. The van der Waals surface area contributed by atoms with Gasteiger partial charge in [0, 0.05) is 59.4 Å².